The van der Waals surface area contributed by atoms with E-state index in [1.807, 2.05) is 29.2 Å². The molecule has 2 amide bonds. The van der Waals surface area contributed by atoms with Crippen LogP contribution in [0.1, 0.15) is 23.2 Å². The second-order valence-corrected chi connectivity index (χ2v) is 6.79. The maximum absolute atomic E-state index is 12.9. The zero-order valence-corrected chi connectivity index (χ0v) is 14.1. The minimum absolute atomic E-state index is 0.0423. The number of carbonyl (C=O) groups excluding carboxylic acids is 2. The van der Waals surface area contributed by atoms with E-state index in [0.29, 0.717) is 31.2 Å². The van der Waals surface area contributed by atoms with Crippen LogP contribution in [0.15, 0.2) is 36.5 Å². The smallest absolute Gasteiger partial charge is 0.254 e. The van der Waals surface area contributed by atoms with Gasteiger partial charge >= 0.3 is 0 Å². The van der Waals surface area contributed by atoms with Crippen LogP contribution in [-0.2, 0) is 4.79 Å². The summed E-state index contributed by atoms with van der Waals surface area (Å²) in [6.45, 7) is 3.18. The second kappa shape index (κ2) is 6.80. The lowest BCUT2D eigenvalue weighted by Gasteiger charge is -2.34. The van der Waals surface area contributed by atoms with Gasteiger partial charge in [0.1, 0.15) is 0 Å². The van der Waals surface area contributed by atoms with Crippen LogP contribution in [0.2, 0.25) is 0 Å². The van der Waals surface area contributed by atoms with Crippen molar-refractivity contribution >= 4 is 22.7 Å². The quantitative estimate of drug-likeness (QED) is 0.912. The molecule has 2 aliphatic rings. The average Bonchev–Trinajstić information content (AvgIpc) is 3.45. The predicted molar refractivity (Wildman–Crippen MR) is 95.3 cm³/mol. The van der Waals surface area contributed by atoms with Gasteiger partial charge in [0, 0.05) is 43.8 Å². The number of amides is 2. The highest BCUT2D eigenvalue weighted by atomic mass is 16.2. The van der Waals surface area contributed by atoms with E-state index >= 15 is 0 Å². The monoisotopic (exact) mass is 338 g/mol. The fourth-order valence-electron chi connectivity index (χ4n) is 3.27. The lowest BCUT2D eigenvalue weighted by Crippen LogP contribution is -2.51. The molecule has 25 heavy (non-hydrogen) atoms. The lowest BCUT2D eigenvalue weighted by atomic mass is 10.1. The average molecular weight is 338 g/mol. The molecule has 130 valence electrons. The van der Waals surface area contributed by atoms with E-state index in [1.165, 1.54) is 0 Å². The molecule has 0 spiro atoms. The van der Waals surface area contributed by atoms with Gasteiger partial charge in [0.2, 0.25) is 5.91 Å². The minimum atomic E-state index is 0.0423. The van der Waals surface area contributed by atoms with Crippen LogP contribution in [0.25, 0.3) is 10.9 Å². The van der Waals surface area contributed by atoms with E-state index in [1.54, 1.807) is 12.3 Å². The van der Waals surface area contributed by atoms with Crippen molar-refractivity contribution in [3.8, 4) is 0 Å². The first kappa shape index (κ1) is 16.0. The first-order valence-electron chi connectivity index (χ1n) is 8.85. The number of pyridine rings is 1. The SMILES string of the molecule is O=C(CN1CCN(C(=O)c2ccnc3ccccc23)CC1)NC1CC1. The molecule has 0 radical (unpaired) electrons. The van der Waals surface area contributed by atoms with Crippen LogP contribution in [-0.4, -0.2) is 65.4 Å². The number of hydrogen-bond donors (Lipinski definition) is 1. The number of benzene rings is 1. The zero-order valence-electron chi connectivity index (χ0n) is 14.1. The van der Waals surface area contributed by atoms with Crippen LogP contribution in [0, 0.1) is 0 Å². The van der Waals surface area contributed by atoms with Gasteiger partial charge in [0.15, 0.2) is 0 Å². The third kappa shape index (κ3) is 3.64. The first-order chi connectivity index (χ1) is 12.2. The van der Waals surface area contributed by atoms with Gasteiger partial charge < -0.3 is 10.2 Å². The van der Waals surface area contributed by atoms with E-state index in [-0.39, 0.29) is 11.8 Å². The summed E-state index contributed by atoms with van der Waals surface area (Å²) in [6.07, 6.45) is 3.90. The van der Waals surface area contributed by atoms with Crippen molar-refractivity contribution in [3.63, 3.8) is 0 Å². The van der Waals surface area contributed by atoms with Crippen molar-refractivity contribution in [2.45, 2.75) is 18.9 Å². The molecular weight excluding hydrogens is 316 g/mol. The van der Waals surface area contributed by atoms with Crippen molar-refractivity contribution < 1.29 is 9.59 Å². The molecule has 0 bridgehead atoms. The highest BCUT2D eigenvalue weighted by Gasteiger charge is 2.27. The Labute approximate surface area is 146 Å². The number of fused-ring (bicyclic) bond motifs is 1. The Bertz CT molecular complexity index is 790. The standard InChI is InChI=1S/C19H22N4O2/c24-18(21-14-5-6-14)13-22-9-11-23(12-10-22)19(25)16-7-8-20-17-4-2-1-3-15(16)17/h1-4,7-8,14H,5-6,9-13H2,(H,21,24). The van der Waals surface area contributed by atoms with Gasteiger partial charge in [0.05, 0.1) is 17.6 Å². The largest absolute Gasteiger partial charge is 0.352 e. The number of nitrogens with one attached hydrogen (secondary N) is 1. The fourth-order valence-corrected chi connectivity index (χ4v) is 3.27. The van der Waals surface area contributed by atoms with E-state index in [9.17, 15) is 9.59 Å². The van der Waals surface area contributed by atoms with Gasteiger partial charge in [-0.1, -0.05) is 18.2 Å². The number of piperazine rings is 1. The van der Waals surface area contributed by atoms with Crippen molar-refractivity contribution in [2.24, 2.45) is 0 Å². The van der Waals surface area contributed by atoms with E-state index in [2.05, 4.69) is 15.2 Å². The summed E-state index contributed by atoms with van der Waals surface area (Å²) < 4.78 is 0. The molecule has 1 aromatic carbocycles. The molecule has 1 aromatic heterocycles. The van der Waals surface area contributed by atoms with Crippen LogP contribution < -0.4 is 5.32 Å². The zero-order chi connectivity index (χ0) is 17.2. The summed E-state index contributed by atoms with van der Waals surface area (Å²) >= 11 is 0. The number of rotatable bonds is 4. The molecule has 2 heterocycles. The van der Waals surface area contributed by atoms with E-state index in [0.717, 1.165) is 36.8 Å². The Morgan fingerprint density at radius 3 is 2.60 bits per heavy atom. The minimum Gasteiger partial charge on any atom is -0.352 e. The summed E-state index contributed by atoms with van der Waals surface area (Å²) in [6, 6.07) is 9.90. The van der Waals surface area contributed by atoms with Gasteiger partial charge in [-0.15, -0.1) is 0 Å². The summed E-state index contributed by atoms with van der Waals surface area (Å²) in [5.74, 6) is 0.142. The van der Waals surface area contributed by atoms with Crippen molar-refractivity contribution in [1.82, 2.24) is 20.1 Å². The van der Waals surface area contributed by atoms with Crippen molar-refractivity contribution in [3.05, 3.63) is 42.1 Å². The van der Waals surface area contributed by atoms with Crippen LogP contribution >= 0.6 is 0 Å². The highest BCUT2D eigenvalue weighted by Crippen LogP contribution is 2.20. The molecule has 6 heteroatoms. The number of nitrogens with zero attached hydrogens (tertiary/aromatic N) is 3. The Balaban J connectivity index is 1.38. The molecule has 1 saturated heterocycles. The molecule has 0 atom stereocenters. The molecule has 1 N–H and O–H groups in total. The molecule has 1 aliphatic carbocycles. The molecule has 2 fully saturated rings. The third-order valence-corrected chi connectivity index (χ3v) is 4.85. The number of aromatic nitrogens is 1. The van der Waals surface area contributed by atoms with Gasteiger partial charge in [0.25, 0.3) is 5.91 Å². The first-order valence-corrected chi connectivity index (χ1v) is 8.85. The number of hydrogen-bond acceptors (Lipinski definition) is 4. The van der Waals surface area contributed by atoms with Crippen LogP contribution in [0.3, 0.4) is 0 Å². The molecular formula is C19H22N4O2. The molecule has 1 aliphatic heterocycles. The number of para-hydroxylation sites is 1. The summed E-state index contributed by atoms with van der Waals surface area (Å²) in [5.41, 5.74) is 1.54. The van der Waals surface area contributed by atoms with E-state index in [4.69, 9.17) is 0 Å². The van der Waals surface area contributed by atoms with Gasteiger partial charge in [-0.25, -0.2) is 0 Å². The Morgan fingerprint density at radius 2 is 1.84 bits per heavy atom. The Morgan fingerprint density at radius 1 is 1.08 bits per heavy atom. The summed E-state index contributed by atoms with van der Waals surface area (Å²) in [4.78, 5) is 33.1. The number of carbonyl (C=O) groups is 2. The summed E-state index contributed by atoms with van der Waals surface area (Å²) in [5, 5.41) is 3.90. The maximum atomic E-state index is 12.9. The molecule has 0 unspecified atom stereocenters. The predicted octanol–water partition coefficient (Wildman–Crippen LogP) is 1.27. The normalized spacial score (nSPS) is 18.3. The second-order valence-electron chi connectivity index (χ2n) is 6.79. The van der Waals surface area contributed by atoms with E-state index < -0.39 is 0 Å². The van der Waals surface area contributed by atoms with Crippen LogP contribution in [0.5, 0.6) is 0 Å². The molecule has 1 saturated carbocycles. The fraction of sp³-hybridized carbons (Fsp3) is 0.421. The van der Waals surface area contributed by atoms with Crippen LogP contribution in [0.4, 0.5) is 0 Å². The molecule has 4 rings (SSSR count). The van der Waals surface area contributed by atoms with Gasteiger partial charge in [-0.3, -0.25) is 19.5 Å². The molecule has 2 aromatic rings. The van der Waals surface area contributed by atoms with Gasteiger partial charge in [-0.2, -0.15) is 0 Å². The maximum Gasteiger partial charge on any atom is 0.254 e. The topological polar surface area (TPSA) is 65.5 Å². The highest BCUT2D eigenvalue weighted by molar-refractivity contribution is 6.06. The Hall–Kier alpha value is -2.47. The third-order valence-electron chi connectivity index (χ3n) is 4.85. The Kier molecular flexibility index (Phi) is 4.36. The van der Waals surface area contributed by atoms with Crippen molar-refractivity contribution in [2.75, 3.05) is 32.7 Å². The molecule has 6 nitrogen and oxygen atoms in total. The van der Waals surface area contributed by atoms with Crippen molar-refractivity contribution in [1.29, 1.82) is 0 Å². The van der Waals surface area contributed by atoms with Gasteiger partial charge in [-0.05, 0) is 25.0 Å². The lowest BCUT2D eigenvalue weighted by molar-refractivity contribution is -0.122. The summed E-state index contributed by atoms with van der Waals surface area (Å²) in [7, 11) is 0.